The highest BCUT2D eigenvalue weighted by Gasteiger charge is 2.45. The van der Waals surface area contributed by atoms with Crippen molar-refractivity contribution in [3.63, 3.8) is 0 Å². The number of carbonyl (C=O) groups excluding carboxylic acids is 2. The number of benzene rings is 1. The van der Waals surface area contributed by atoms with Crippen LogP contribution >= 0.6 is 0 Å². The minimum atomic E-state index is -0.347. The second-order valence-corrected chi connectivity index (χ2v) is 7.56. The van der Waals surface area contributed by atoms with Gasteiger partial charge in [0.25, 0.3) is 0 Å². The van der Waals surface area contributed by atoms with Crippen molar-refractivity contribution in [2.24, 2.45) is 0 Å². The molecule has 2 aliphatic rings. The van der Waals surface area contributed by atoms with Crippen molar-refractivity contribution in [1.82, 2.24) is 14.7 Å². The molecule has 1 N–H and O–H groups in total. The molecule has 1 aromatic heterocycles. The molecule has 0 unspecified atom stereocenters. The number of carbonyl (C=O) groups is 2. The number of rotatable bonds is 2. The second kappa shape index (κ2) is 6.85. The van der Waals surface area contributed by atoms with E-state index in [1.165, 1.54) is 0 Å². The number of nitrogens with zero attached hydrogens (tertiary/aromatic N) is 4. The number of aryl methyl sites for hydroxylation is 1. The number of nitrogens with one attached hydrogen (secondary N) is 1. The van der Waals surface area contributed by atoms with Gasteiger partial charge in [-0.15, -0.1) is 0 Å². The van der Waals surface area contributed by atoms with Crippen LogP contribution < -0.4 is 15.0 Å². The Hall–Kier alpha value is -3.03. The molecule has 8 nitrogen and oxygen atoms in total. The predicted molar refractivity (Wildman–Crippen MR) is 106 cm³/mol. The predicted octanol–water partition coefficient (Wildman–Crippen LogP) is 2.59. The Bertz CT molecular complexity index is 914. The van der Waals surface area contributed by atoms with Gasteiger partial charge in [-0.2, -0.15) is 5.10 Å². The van der Waals surface area contributed by atoms with Crippen molar-refractivity contribution in [2.75, 3.05) is 37.5 Å². The molecule has 0 radical (unpaired) electrons. The number of anilines is 2. The molecule has 1 spiro atoms. The molecular formula is C20H25N5O3. The highest BCUT2D eigenvalue weighted by Crippen LogP contribution is 2.41. The lowest BCUT2D eigenvalue weighted by Crippen LogP contribution is -2.54. The van der Waals surface area contributed by atoms with Crippen molar-refractivity contribution in [1.29, 1.82) is 0 Å². The standard InChI is InChI=1S/C20H25N5O3/c1-14-11-17-23(2)18(26)13-20(25(17)22-14)7-9-24(10-8-20)19(27)21-15-5-4-6-16(12-15)28-3/h4-6,11-12H,7-10,13H2,1-3H3,(H,21,27). The fourth-order valence-electron chi connectivity index (χ4n) is 4.09. The Morgan fingerprint density at radius 2 is 2.00 bits per heavy atom. The number of ether oxygens (including phenoxy) is 1. The molecular weight excluding hydrogens is 358 g/mol. The molecule has 4 rings (SSSR count). The number of likely N-dealkylation sites (tertiary alicyclic amines) is 1. The largest absolute Gasteiger partial charge is 0.497 e. The first-order valence-corrected chi connectivity index (χ1v) is 9.45. The molecule has 0 aliphatic carbocycles. The summed E-state index contributed by atoms with van der Waals surface area (Å²) in [5, 5.41) is 7.59. The Morgan fingerprint density at radius 1 is 1.25 bits per heavy atom. The van der Waals surface area contributed by atoms with Crippen LogP contribution in [-0.2, 0) is 10.3 Å². The van der Waals surface area contributed by atoms with Gasteiger partial charge in [0.2, 0.25) is 5.91 Å². The Labute approximate surface area is 164 Å². The zero-order chi connectivity index (χ0) is 19.9. The van der Waals surface area contributed by atoms with E-state index < -0.39 is 0 Å². The van der Waals surface area contributed by atoms with E-state index in [1.807, 2.05) is 35.9 Å². The number of aromatic nitrogens is 2. The molecule has 0 bridgehead atoms. The molecule has 0 atom stereocenters. The lowest BCUT2D eigenvalue weighted by Gasteiger charge is -2.45. The van der Waals surface area contributed by atoms with E-state index >= 15 is 0 Å². The van der Waals surface area contributed by atoms with E-state index in [1.54, 1.807) is 30.0 Å². The third-order valence-corrected chi connectivity index (χ3v) is 5.76. The molecule has 28 heavy (non-hydrogen) atoms. The summed E-state index contributed by atoms with van der Waals surface area (Å²) in [6, 6.07) is 9.10. The Kier molecular flexibility index (Phi) is 4.49. The van der Waals surface area contributed by atoms with Gasteiger partial charge in [0, 0.05) is 38.0 Å². The lowest BCUT2D eigenvalue weighted by molar-refractivity contribution is -0.122. The average molecular weight is 383 g/mol. The Morgan fingerprint density at radius 3 is 2.71 bits per heavy atom. The number of fused-ring (bicyclic) bond motifs is 2. The van der Waals surface area contributed by atoms with Gasteiger partial charge in [0.05, 0.1) is 24.8 Å². The number of methoxy groups -OCH3 is 1. The first kappa shape index (κ1) is 18.3. The number of piperidine rings is 1. The summed E-state index contributed by atoms with van der Waals surface area (Å²) in [5.74, 6) is 1.63. The van der Waals surface area contributed by atoms with Crippen molar-refractivity contribution in [2.45, 2.75) is 31.7 Å². The molecule has 1 aromatic carbocycles. The van der Waals surface area contributed by atoms with Gasteiger partial charge in [-0.1, -0.05) is 6.07 Å². The summed E-state index contributed by atoms with van der Waals surface area (Å²) in [6.07, 6.45) is 1.82. The van der Waals surface area contributed by atoms with Crippen LogP contribution in [-0.4, -0.2) is 53.9 Å². The highest BCUT2D eigenvalue weighted by molar-refractivity contribution is 5.94. The van der Waals surface area contributed by atoms with Crippen LogP contribution in [0.4, 0.5) is 16.3 Å². The summed E-state index contributed by atoms with van der Waals surface area (Å²) in [4.78, 5) is 28.7. The topological polar surface area (TPSA) is 79.7 Å². The van der Waals surface area contributed by atoms with Gasteiger partial charge in [-0.3, -0.25) is 4.79 Å². The summed E-state index contributed by atoms with van der Waals surface area (Å²) < 4.78 is 7.20. The first-order valence-electron chi connectivity index (χ1n) is 9.45. The molecule has 148 valence electrons. The molecule has 1 fully saturated rings. The molecule has 0 saturated carbocycles. The monoisotopic (exact) mass is 383 g/mol. The molecule has 2 aliphatic heterocycles. The fraction of sp³-hybridized carbons (Fsp3) is 0.450. The average Bonchev–Trinajstić information content (AvgIpc) is 3.10. The SMILES string of the molecule is COc1cccc(NC(=O)N2CCC3(CC2)CC(=O)N(C)c2cc(C)nn23)c1. The quantitative estimate of drug-likeness (QED) is 0.864. The molecule has 8 heteroatoms. The maximum atomic E-state index is 12.7. The van der Waals surface area contributed by atoms with E-state index in [4.69, 9.17) is 4.74 Å². The maximum absolute atomic E-state index is 12.7. The molecule has 2 aromatic rings. The first-order chi connectivity index (χ1) is 13.4. The summed E-state index contributed by atoms with van der Waals surface area (Å²) in [7, 11) is 3.39. The second-order valence-electron chi connectivity index (χ2n) is 7.56. The van der Waals surface area contributed by atoms with Gasteiger partial charge in [0.15, 0.2) is 0 Å². The van der Waals surface area contributed by atoms with E-state index in [9.17, 15) is 9.59 Å². The number of hydrogen-bond donors (Lipinski definition) is 1. The van der Waals surface area contributed by atoms with Gasteiger partial charge < -0.3 is 19.9 Å². The van der Waals surface area contributed by atoms with E-state index in [0.717, 1.165) is 11.5 Å². The van der Waals surface area contributed by atoms with Gasteiger partial charge in [-0.05, 0) is 31.9 Å². The molecule has 3 heterocycles. The smallest absolute Gasteiger partial charge is 0.321 e. The molecule has 1 saturated heterocycles. The number of amides is 3. The Balaban J connectivity index is 1.47. The van der Waals surface area contributed by atoms with E-state index in [2.05, 4.69) is 10.4 Å². The van der Waals surface area contributed by atoms with Crippen LogP contribution in [0.1, 0.15) is 25.0 Å². The van der Waals surface area contributed by atoms with Gasteiger partial charge in [0.1, 0.15) is 11.6 Å². The summed E-state index contributed by atoms with van der Waals surface area (Å²) >= 11 is 0. The fourth-order valence-corrected chi connectivity index (χ4v) is 4.09. The number of urea groups is 1. The van der Waals surface area contributed by atoms with Gasteiger partial charge >= 0.3 is 6.03 Å². The minimum absolute atomic E-state index is 0.0988. The third kappa shape index (κ3) is 3.08. The van der Waals surface area contributed by atoms with Crippen LogP contribution in [0.2, 0.25) is 0 Å². The van der Waals surface area contributed by atoms with E-state index in [-0.39, 0.29) is 17.5 Å². The highest BCUT2D eigenvalue weighted by atomic mass is 16.5. The minimum Gasteiger partial charge on any atom is -0.497 e. The van der Waals surface area contributed by atoms with Crippen LogP contribution in [0, 0.1) is 6.92 Å². The zero-order valence-electron chi connectivity index (χ0n) is 16.4. The normalized spacial score (nSPS) is 18.2. The maximum Gasteiger partial charge on any atom is 0.321 e. The van der Waals surface area contributed by atoms with E-state index in [0.29, 0.717) is 43.8 Å². The van der Waals surface area contributed by atoms with Crippen molar-refractivity contribution in [3.8, 4) is 5.75 Å². The van der Waals surface area contributed by atoms with Crippen molar-refractivity contribution in [3.05, 3.63) is 36.0 Å². The van der Waals surface area contributed by atoms with Crippen molar-refractivity contribution >= 4 is 23.4 Å². The van der Waals surface area contributed by atoms with Crippen LogP contribution in [0.25, 0.3) is 0 Å². The van der Waals surface area contributed by atoms with Crippen LogP contribution in [0.5, 0.6) is 5.75 Å². The summed E-state index contributed by atoms with van der Waals surface area (Å²) in [5.41, 5.74) is 1.25. The number of hydrogen-bond acceptors (Lipinski definition) is 4. The lowest BCUT2D eigenvalue weighted by atomic mass is 9.83. The molecule has 3 amide bonds. The van der Waals surface area contributed by atoms with Crippen molar-refractivity contribution < 1.29 is 14.3 Å². The summed E-state index contributed by atoms with van der Waals surface area (Å²) in [6.45, 7) is 3.09. The van der Waals surface area contributed by atoms with Gasteiger partial charge in [-0.25, -0.2) is 9.48 Å². The van der Waals surface area contributed by atoms with Crippen LogP contribution in [0.3, 0.4) is 0 Å². The third-order valence-electron chi connectivity index (χ3n) is 5.76. The zero-order valence-corrected chi connectivity index (χ0v) is 16.4. The van der Waals surface area contributed by atoms with Crippen LogP contribution in [0.15, 0.2) is 30.3 Å².